The summed E-state index contributed by atoms with van der Waals surface area (Å²) in [5, 5.41) is 32.0. The van der Waals surface area contributed by atoms with Crippen LogP contribution in [0.3, 0.4) is 0 Å². The molecule has 1 saturated heterocycles. The van der Waals surface area contributed by atoms with Crippen LogP contribution in [-0.4, -0.2) is 65.8 Å². The van der Waals surface area contributed by atoms with Gasteiger partial charge < -0.3 is 24.8 Å². The number of ether oxygens (including phenoxy) is 2. The van der Waals surface area contributed by atoms with Gasteiger partial charge in [-0.3, -0.25) is 4.90 Å². The molecule has 1 fully saturated rings. The minimum Gasteiger partial charge on any atom is -0.507 e. The van der Waals surface area contributed by atoms with E-state index in [9.17, 15) is 15.3 Å². The highest BCUT2D eigenvalue weighted by atomic mass is 16.5. The Balaban J connectivity index is 2.10. The van der Waals surface area contributed by atoms with Crippen molar-refractivity contribution in [2.75, 3.05) is 39.5 Å². The average molecular weight is 472 g/mol. The number of aromatic hydroxyl groups is 1. The second-order valence-corrected chi connectivity index (χ2v) is 8.70. The van der Waals surface area contributed by atoms with Crippen molar-refractivity contribution in [1.82, 2.24) is 4.90 Å². The van der Waals surface area contributed by atoms with Crippen molar-refractivity contribution >= 4 is 0 Å². The van der Waals surface area contributed by atoms with Crippen LogP contribution < -0.4 is 4.74 Å². The summed E-state index contributed by atoms with van der Waals surface area (Å²) in [5.41, 5.74) is 0.445. The number of benzene rings is 1. The van der Waals surface area contributed by atoms with Gasteiger partial charge in [-0.25, -0.2) is 0 Å². The van der Waals surface area contributed by atoms with Crippen LogP contribution >= 0.6 is 0 Å². The molecule has 1 aliphatic rings. The summed E-state index contributed by atoms with van der Waals surface area (Å²) >= 11 is 0. The smallest absolute Gasteiger partial charge is 0.125 e. The quantitative estimate of drug-likeness (QED) is 0.276. The van der Waals surface area contributed by atoms with Crippen molar-refractivity contribution in [3.8, 4) is 11.5 Å². The zero-order valence-corrected chi connectivity index (χ0v) is 20.6. The molecule has 0 amide bonds. The Hall–Kier alpha value is -2.38. The summed E-state index contributed by atoms with van der Waals surface area (Å²) in [6, 6.07) is 5.05. The number of hydrogen-bond acceptors (Lipinski definition) is 6. The van der Waals surface area contributed by atoms with Crippen LogP contribution in [0.15, 0.2) is 67.3 Å². The molecule has 6 nitrogen and oxygen atoms in total. The number of nitrogens with zero attached hydrogens (tertiary/aromatic N) is 1. The fourth-order valence-corrected chi connectivity index (χ4v) is 4.18. The molecule has 0 aromatic heterocycles. The highest BCUT2D eigenvalue weighted by molar-refractivity contribution is 5.41. The maximum atomic E-state index is 11.2. The van der Waals surface area contributed by atoms with Gasteiger partial charge in [0, 0.05) is 31.3 Å². The van der Waals surface area contributed by atoms with E-state index < -0.39 is 12.2 Å². The minimum atomic E-state index is -0.923. The molecule has 3 N–H and O–H groups in total. The molecule has 4 atom stereocenters. The summed E-state index contributed by atoms with van der Waals surface area (Å²) < 4.78 is 11.2. The van der Waals surface area contributed by atoms with Crippen LogP contribution in [0.4, 0.5) is 0 Å². The Morgan fingerprint density at radius 3 is 2.53 bits per heavy atom. The van der Waals surface area contributed by atoms with Gasteiger partial charge in [0.25, 0.3) is 0 Å². The lowest BCUT2D eigenvalue weighted by Gasteiger charge is -2.30. The Labute approximate surface area is 204 Å². The molecule has 34 heavy (non-hydrogen) atoms. The second kappa shape index (κ2) is 15.5. The largest absolute Gasteiger partial charge is 0.507 e. The maximum Gasteiger partial charge on any atom is 0.125 e. The first-order valence-electron chi connectivity index (χ1n) is 12.1. The van der Waals surface area contributed by atoms with Crippen LogP contribution in [0.25, 0.3) is 0 Å². The summed E-state index contributed by atoms with van der Waals surface area (Å²) in [7, 11) is 0. The number of morpholine rings is 1. The highest BCUT2D eigenvalue weighted by Crippen LogP contribution is 2.39. The standard InChI is InChI=1S/C28H41NO5/c1-4-6-7-8-9-11-23(20-22(3)30)25(10-5-2)28(32)26-13-12-24(21-27(26)31)34-19-16-29-14-17-33-18-15-29/h4-9,11-13,21-23,25,28,30-32H,2,10,14-20H2,1,3H3/b6-4-,8-7-,11-9+/t22-,23?,25-,28?/m1/s1. The van der Waals surface area contributed by atoms with Gasteiger partial charge >= 0.3 is 0 Å². The van der Waals surface area contributed by atoms with Gasteiger partial charge in [-0.15, -0.1) is 6.58 Å². The van der Waals surface area contributed by atoms with Gasteiger partial charge in [-0.1, -0.05) is 42.5 Å². The van der Waals surface area contributed by atoms with Crippen molar-refractivity contribution < 1.29 is 24.8 Å². The lowest BCUT2D eigenvalue weighted by atomic mass is 9.79. The van der Waals surface area contributed by atoms with Crippen LogP contribution in [0.1, 0.15) is 38.4 Å². The number of aliphatic hydroxyl groups excluding tert-OH is 2. The van der Waals surface area contributed by atoms with Gasteiger partial charge in [0.1, 0.15) is 18.1 Å². The van der Waals surface area contributed by atoms with Crippen molar-refractivity contribution in [1.29, 1.82) is 0 Å². The summed E-state index contributed by atoms with van der Waals surface area (Å²) in [4.78, 5) is 2.28. The molecule has 0 aliphatic carbocycles. The third kappa shape index (κ3) is 9.47. The van der Waals surface area contributed by atoms with Gasteiger partial charge in [-0.05, 0) is 50.7 Å². The zero-order chi connectivity index (χ0) is 24.8. The maximum absolute atomic E-state index is 11.2. The lowest BCUT2D eigenvalue weighted by Crippen LogP contribution is -2.38. The van der Waals surface area contributed by atoms with E-state index in [1.807, 2.05) is 43.4 Å². The molecule has 6 heteroatoms. The number of phenolic OH excluding ortho intramolecular Hbond substituents is 1. The Morgan fingerprint density at radius 1 is 1.15 bits per heavy atom. The van der Waals surface area contributed by atoms with Gasteiger partial charge in [0.15, 0.2) is 0 Å². The molecule has 0 spiro atoms. The summed E-state index contributed by atoms with van der Waals surface area (Å²) in [6.07, 6.45) is 13.0. The van der Waals surface area contributed by atoms with E-state index in [0.29, 0.717) is 30.8 Å². The fourth-order valence-electron chi connectivity index (χ4n) is 4.18. The average Bonchev–Trinajstić information content (AvgIpc) is 2.82. The molecular weight excluding hydrogens is 430 g/mol. The van der Waals surface area contributed by atoms with Crippen molar-refractivity contribution in [3.63, 3.8) is 0 Å². The first kappa shape index (κ1) is 27.9. The first-order chi connectivity index (χ1) is 16.5. The molecule has 1 heterocycles. The number of rotatable bonds is 14. The van der Waals surface area contributed by atoms with E-state index in [1.165, 1.54) is 0 Å². The van der Waals surface area contributed by atoms with Crippen LogP contribution in [-0.2, 0) is 4.74 Å². The summed E-state index contributed by atoms with van der Waals surface area (Å²) in [5.74, 6) is 0.208. The van der Waals surface area contributed by atoms with Crippen molar-refractivity contribution in [3.05, 3.63) is 72.9 Å². The molecular formula is C28H41NO5. The number of phenols is 1. The molecule has 1 aromatic carbocycles. The Morgan fingerprint density at radius 2 is 1.88 bits per heavy atom. The van der Waals surface area contributed by atoms with Crippen molar-refractivity contribution in [2.24, 2.45) is 11.8 Å². The topological polar surface area (TPSA) is 82.4 Å². The van der Waals surface area contributed by atoms with E-state index in [1.54, 1.807) is 31.2 Å². The second-order valence-electron chi connectivity index (χ2n) is 8.70. The van der Waals surface area contributed by atoms with E-state index >= 15 is 0 Å². The third-order valence-electron chi connectivity index (χ3n) is 5.99. The molecule has 2 rings (SSSR count). The number of hydrogen-bond donors (Lipinski definition) is 3. The normalized spacial score (nSPS) is 18.9. The first-order valence-corrected chi connectivity index (χ1v) is 12.1. The molecule has 2 unspecified atom stereocenters. The molecule has 0 radical (unpaired) electrons. The molecule has 188 valence electrons. The summed E-state index contributed by atoms with van der Waals surface area (Å²) in [6.45, 7) is 12.2. The third-order valence-corrected chi connectivity index (χ3v) is 5.99. The van der Waals surface area contributed by atoms with E-state index in [2.05, 4.69) is 11.5 Å². The predicted octanol–water partition coefficient (Wildman–Crippen LogP) is 4.40. The molecule has 0 bridgehead atoms. The Kier molecular flexibility index (Phi) is 12.7. The SMILES string of the molecule is C=CC[C@H](C(/C=C/C=C\C=C/C)C[C@@H](C)O)C(O)c1ccc(OCCN2CCOCC2)cc1O. The monoisotopic (exact) mass is 471 g/mol. The van der Waals surface area contributed by atoms with E-state index in [-0.39, 0.29) is 17.6 Å². The Bertz CT molecular complexity index is 811. The zero-order valence-electron chi connectivity index (χ0n) is 20.6. The minimum absolute atomic E-state index is 0.00168. The van der Waals surface area contributed by atoms with Gasteiger partial charge in [-0.2, -0.15) is 0 Å². The van der Waals surface area contributed by atoms with Crippen LogP contribution in [0.2, 0.25) is 0 Å². The van der Waals surface area contributed by atoms with Gasteiger partial charge in [0.2, 0.25) is 0 Å². The van der Waals surface area contributed by atoms with Crippen LogP contribution in [0.5, 0.6) is 11.5 Å². The fraction of sp³-hybridized carbons (Fsp3) is 0.500. The molecule has 1 aromatic rings. The predicted molar refractivity (Wildman–Crippen MR) is 137 cm³/mol. The van der Waals surface area contributed by atoms with Crippen LogP contribution in [0, 0.1) is 11.8 Å². The molecule has 0 saturated carbocycles. The number of aliphatic hydroxyl groups is 2. The highest BCUT2D eigenvalue weighted by Gasteiger charge is 2.29. The van der Waals surface area contributed by atoms with Crippen molar-refractivity contribution in [2.45, 2.75) is 38.9 Å². The molecule has 1 aliphatic heterocycles. The lowest BCUT2D eigenvalue weighted by molar-refractivity contribution is 0.0322. The number of allylic oxidation sites excluding steroid dienone is 7. The van der Waals surface area contributed by atoms with Gasteiger partial charge in [0.05, 0.1) is 25.4 Å². The van der Waals surface area contributed by atoms with E-state index in [4.69, 9.17) is 9.47 Å². The van der Waals surface area contributed by atoms with E-state index in [0.717, 1.165) is 32.8 Å².